The van der Waals surface area contributed by atoms with Gasteiger partial charge in [0, 0.05) is 51.4 Å². The highest BCUT2D eigenvalue weighted by atomic mass is 35.5. The van der Waals surface area contributed by atoms with E-state index in [1.165, 1.54) is 0 Å². The van der Waals surface area contributed by atoms with E-state index in [-0.39, 0.29) is 52.4 Å². The van der Waals surface area contributed by atoms with Crippen LogP contribution in [0.25, 0.3) is 11.4 Å². The summed E-state index contributed by atoms with van der Waals surface area (Å²) >= 11 is 16.6. The molecular formula is C30H23Cl3F8N4O7. The van der Waals surface area contributed by atoms with Gasteiger partial charge in [-0.3, -0.25) is 23.5 Å². The van der Waals surface area contributed by atoms with Crippen LogP contribution in [-0.2, 0) is 42.4 Å². The molecule has 0 N–H and O–H groups in total. The van der Waals surface area contributed by atoms with Crippen LogP contribution in [0.15, 0.2) is 55.6 Å². The summed E-state index contributed by atoms with van der Waals surface area (Å²) in [6.07, 6.45) is -9.63. The third kappa shape index (κ3) is 9.84. The highest BCUT2D eigenvalue weighted by Crippen LogP contribution is 2.29. The predicted octanol–water partition coefficient (Wildman–Crippen LogP) is 5.47. The average Bonchev–Trinajstić information content (AvgIpc) is 3.03. The SMILES string of the molecule is CCOC.Cn1c(C(F)(F)F)cc(=O)n(-c2cc(C(=O)Cl)c(Cl)cc2F)c1=O.Cn1c(C(F)(F)F)cc(=O)n(-c2cc(CC=O)c(Cl)cc2F)c1=O. The summed E-state index contributed by atoms with van der Waals surface area (Å²) in [6.45, 7) is 2.78. The molecule has 11 nitrogen and oxygen atoms in total. The minimum atomic E-state index is -4.96. The van der Waals surface area contributed by atoms with Crippen LogP contribution >= 0.6 is 34.8 Å². The third-order valence-corrected chi connectivity index (χ3v) is 7.53. The van der Waals surface area contributed by atoms with Crippen LogP contribution in [0.2, 0.25) is 10.0 Å². The Labute approximate surface area is 300 Å². The number of ether oxygens (including phenoxy) is 1. The number of methoxy groups -OCH3 is 1. The van der Waals surface area contributed by atoms with Crippen LogP contribution < -0.4 is 22.5 Å². The third-order valence-electron chi connectivity index (χ3n) is 6.66. The van der Waals surface area contributed by atoms with E-state index in [0.29, 0.717) is 18.4 Å². The van der Waals surface area contributed by atoms with E-state index >= 15 is 0 Å². The summed E-state index contributed by atoms with van der Waals surface area (Å²) in [5.74, 6) is -2.28. The number of halogens is 11. The fraction of sp³-hybridized carbons (Fsp3) is 0.267. The molecular weight excluding hydrogens is 787 g/mol. The lowest BCUT2D eigenvalue weighted by Crippen LogP contribution is -2.41. The van der Waals surface area contributed by atoms with Gasteiger partial charge < -0.3 is 9.53 Å². The molecule has 4 rings (SSSR count). The zero-order valence-corrected chi connectivity index (χ0v) is 29.0. The number of benzene rings is 2. The van der Waals surface area contributed by atoms with Gasteiger partial charge in [0.25, 0.3) is 16.4 Å². The number of carbonyl (C=O) groups excluding carboxylic acids is 2. The number of nitrogens with zero attached hydrogens (tertiary/aromatic N) is 4. The Morgan fingerprint density at radius 2 is 1.13 bits per heavy atom. The molecule has 4 aromatic rings. The first kappa shape index (κ1) is 43.6. The summed E-state index contributed by atoms with van der Waals surface area (Å²) in [6, 6.07) is 3.41. The zero-order chi connectivity index (χ0) is 40.0. The molecule has 2 aromatic heterocycles. The van der Waals surface area contributed by atoms with Crippen LogP contribution in [-0.4, -0.2) is 43.5 Å². The highest BCUT2D eigenvalue weighted by molar-refractivity contribution is 6.68. The molecule has 0 aliphatic heterocycles. The second-order valence-corrected chi connectivity index (χ2v) is 11.1. The van der Waals surface area contributed by atoms with Gasteiger partial charge in [0.1, 0.15) is 29.3 Å². The first-order valence-corrected chi connectivity index (χ1v) is 15.0. The molecule has 0 saturated carbocycles. The molecule has 0 radical (unpaired) electrons. The van der Waals surface area contributed by atoms with Crippen molar-refractivity contribution in [1.29, 1.82) is 0 Å². The number of carbonyl (C=O) groups is 2. The maximum Gasteiger partial charge on any atom is 0.431 e. The van der Waals surface area contributed by atoms with Crippen molar-refractivity contribution in [2.45, 2.75) is 25.7 Å². The smallest absolute Gasteiger partial charge is 0.385 e. The van der Waals surface area contributed by atoms with E-state index in [9.17, 15) is 63.9 Å². The summed E-state index contributed by atoms with van der Waals surface area (Å²) < 4.78 is 110. The van der Waals surface area contributed by atoms with Gasteiger partial charge >= 0.3 is 23.7 Å². The molecule has 0 amide bonds. The molecule has 0 fully saturated rings. The predicted molar refractivity (Wildman–Crippen MR) is 172 cm³/mol. The topological polar surface area (TPSA) is 131 Å². The van der Waals surface area contributed by atoms with Crippen molar-refractivity contribution >= 4 is 46.3 Å². The van der Waals surface area contributed by atoms with Crippen LogP contribution in [0.3, 0.4) is 0 Å². The molecule has 2 aromatic carbocycles. The van der Waals surface area contributed by atoms with Gasteiger partial charge in [0.15, 0.2) is 0 Å². The fourth-order valence-corrected chi connectivity index (χ4v) is 4.77. The standard InChI is InChI=1S/C14H9ClF4N2O3.C13H6Cl2F4N2O3.C3H8O/c1-20-11(14(17,18)19)6-12(23)21(13(20)24)10-4-7(2-3-22)8(15)5-9(10)16;1-20-9(13(17,18)19)4-10(22)21(12(20)24)8-2-5(11(15)23)6(14)3-7(8)16;1-3-4-2/h3-6H,2H2,1H3;2-4H,1H3;3H2,1-2H3. The quantitative estimate of drug-likeness (QED) is 0.144. The molecule has 282 valence electrons. The van der Waals surface area contributed by atoms with Crippen molar-refractivity contribution in [3.63, 3.8) is 0 Å². The number of aromatic nitrogens is 4. The minimum absolute atomic E-state index is 0.111. The second-order valence-electron chi connectivity index (χ2n) is 9.99. The number of hydrogen-bond donors (Lipinski definition) is 0. The lowest BCUT2D eigenvalue weighted by atomic mass is 10.1. The van der Waals surface area contributed by atoms with E-state index in [4.69, 9.17) is 34.8 Å². The maximum absolute atomic E-state index is 14.1. The molecule has 0 aliphatic rings. The highest BCUT2D eigenvalue weighted by Gasteiger charge is 2.36. The summed E-state index contributed by atoms with van der Waals surface area (Å²) in [5.41, 5.74) is -10.2. The van der Waals surface area contributed by atoms with Crippen LogP contribution in [0.5, 0.6) is 0 Å². The van der Waals surface area contributed by atoms with E-state index in [2.05, 4.69) is 4.74 Å². The monoisotopic (exact) mass is 808 g/mol. The van der Waals surface area contributed by atoms with Crippen LogP contribution in [0, 0.1) is 11.6 Å². The molecule has 0 aliphatic carbocycles. The van der Waals surface area contributed by atoms with E-state index in [0.717, 1.165) is 32.8 Å². The van der Waals surface area contributed by atoms with Crippen molar-refractivity contribution in [2.24, 2.45) is 14.1 Å². The zero-order valence-electron chi connectivity index (χ0n) is 26.8. The van der Waals surface area contributed by atoms with Crippen molar-refractivity contribution < 1.29 is 49.4 Å². The number of hydrogen-bond acceptors (Lipinski definition) is 7. The first-order valence-electron chi connectivity index (χ1n) is 13.8. The van der Waals surface area contributed by atoms with Gasteiger partial charge in [-0.25, -0.2) is 27.5 Å². The molecule has 0 unspecified atom stereocenters. The van der Waals surface area contributed by atoms with Crippen molar-refractivity contribution in [2.75, 3.05) is 13.7 Å². The molecule has 52 heavy (non-hydrogen) atoms. The van der Waals surface area contributed by atoms with E-state index in [1.54, 1.807) is 7.11 Å². The van der Waals surface area contributed by atoms with Gasteiger partial charge in [0.2, 0.25) is 0 Å². The Morgan fingerprint density at radius 1 is 0.750 bits per heavy atom. The number of aldehydes is 1. The van der Waals surface area contributed by atoms with Crippen molar-refractivity contribution in [3.8, 4) is 11.4 Å². The lowest BCUT2D eigenvalue weighted by Gasteiger charge is -2.15. The molecule has 22 heteroatoms. The molecule has 0 bridgehead atoms. The Kier molecular flexibility index (Phi) is 14.5. The Morgan fingerprint density at radius 3 is 1.48 bits per heavy atom. The Hall–Kier alpha value is -4.59. The van der Waals surface area contributed by atoms with Crippen molar-refractivity contribution in [1.82, 2.24) is 18.3 Å². The lowest BCUT2D eigenvalue weighted by molar-refractivity contribution is -0.144. The molecule has 0 atom stereocenters. The van der Waals surface area contributed by atoms with Gasteiger partial charge in [-0.2, -0.15) is 26.3 Å². The number of alkyl halides is 6. The largest absolute Gasteiger partial charge is 0.431 e. The maximum atomic E-state index is 14.1. The second kappa shape index (κ2) is 17.3. The average molecular weight is 810 g/mol. The van der Waals surface area contributed by atoms with Gasteiger partial charge in [0.05, 0.1) is 22.0 Å². The Bertz CT molecular complexity index is 2240. The minimum Gasteiger partial charge on any atom is -0.385 e. The normalized spacial score (nSPS) is 11.3. The van der Waals surface area contributed by atoms with E-state index < -0.39 is 80.1 Å². The van der Waals surface area contributed by atoms with Crippen molar-refractivity contribution in [3.05, 3.63) is 122 Å². The molecule has 0 saturated heterocycles. The first-order chi connectivity index (χ1) is 23.9. The number of rotatable bonds is 6. The summed E-state index contributed by atoms with van der Waals surface area (Å²) in [7, 11) is 3.25. The van der Waals surface area contributed by atoms with Gasteiger partial charge in [-0.15, -0.1) is 0 Å². The van der Waals surface area contributed by atoms with Gasteiger partial charge in [-0.1, -0.05) is 23.2 Å². The van der Waals surface area contributed by atoms with Crippen LogP contribution in [0.4, 0.5) is 35.1 Å². The fourth-order valence-electron chi connectivity index (χ4n) is 4.10. The summed E-state index contributed by atoms with van der Waals surface area (Å²) in [4.78, 5) is 69.9. The summed E-state index contributed by atoms with van der Waals surface area (Å²) in [5, 5.41) is -1.59. The van der Waals surface area contributed by atoms with E-state index in [1.807, 2.05) is 6.92 Å². The van der Waals surface area contributed by atoms with Gasteiger partial charge in [-0.05, 0) is 48.4 Å². The van der Waals surface area contributed by atoms with Crippen LogP contribution in [0.1, 0.15) is 34.2 Å². The Balaban J connectivity index is 0.000000327. The molecule has 2 heterocycles. The molecule has 0 spiro atoms.